The molecule has 0 saturated heterocycles. The van der Waals surface area contributed by atoms with Crippen LogP contribution in [-0.4, -0.2) is 8.32 Å². The Balaban J connectivity index is 1.70. The Labute approximate surface area is 252 Å². The third-order valence-electron chi connectivity index (χ3n) is 8.08. The summed E-state index contributed by atoms with van der Waals surface area (Å²) in [5.74, 6) is -0.0283. The first-order valence-electron chi connectivity index (χ1n) is 14.0. The monoisotopic (exact) mass is 610 g/mol. The highest BCUT2D eigenvalue weighted by Crippen LogP contribution is 2.44. The molecule has 4 rings (SSSR count). The minimum absolute atomic E-state index is 0.0403. The van der Waals surface area contributed by atoms with Gasteiger partial charge in [-0.1, -0.05) is 80.9 Å². The van der Waals surface area contributed by atoms with E-state index in [4.69, 9.17) is 4.43 Å². The number of hydrogen-bond acceptors (Lipinski definition) is 2. The number of benzene rings is 4. The van der Waals surface area contributed by atoms with Crippen molar-refractivity contribution in [3.05, 3.63) is 119 Å². The molecule has 0 aliphatic rings. The van der Waals surface area contributed by atoms with Gasteiger partial charge in [-0.3, -0.25) is 0 Å². The van der Waals surface area contributed by atoms with Crippen molar-refractivity contribution in [2.45, 2.75) is 75.5 Å². The summed E-state index contributed by atoms with van der Waals surface area (Å²) >= 11 is 1.44. The molecular formula is C35H38F4OSSi. The molecule has 0 spiro atoms. The summed E-state index contributed by atoms with van der Waals surface area (Å²) in [7, 11) is -2.05. The van der Waals surface area contributed by atoms with E-state index in [1.165, 1.54) is 11.8 Å². The van der Waals surface area contributed by atoms with Crippen LogP contribution in [0.1, 0.15) is 53.8 Å². The molecule has 0 aromatic heterocycles. The van der Waals surface area contributed by atoms with Crippen molar-refractivity contribution in [2.24, 2.45) is 0 Å². The Morgan fingerprint density at radius 3 is 1.95 bits per heavy atom. The van der Waals surface area contributed by atoms with Crippen LogP contribution >= 0.6 is 11.8 Å². The van der Waals surface area contributed by atoms with Crippen molar-refractivity contribution in [3.63, 3.8) is 0 Å². The molecule has 0 amide bonds. The predicted octanol–water partition coefficient (Wildman–Crippen LogP) is 11.6. The molecule has 4 aromatic carbocycles. The summed E-state index contributed by atoms with van der Waals surface area (Å²) in [4.78, 5) is 0.882. The summed E-state index contributed by atoms with van der Waals surface area (Å²) in [6.07, 6.45) is -4.77. The maximum atomic E-state index is 15.0. The molecule has 0 aliphatic heterocycles. The standard InChI is InChI=1S/C35H38F4OSSi/c1-23-11-13-25(14-12-23)26-15-17-27(18-16-26)33(22-29-30(35(37,38)39)9-8-10-31(29)36)41-28-19-20-32(24(2)21-28)40-42(6,7)34(3,4)5/h8-21,33H,22H2,1-7H3. The zero-order valence-electron chi connectivity index (χ0n) is 25.2. The van der Waals surface area contributed by atoms with E-state index >= 15 is 0 Å². The second-order valence-electron chi connectivity index (χ2n) is 12.4. The minimum Gasteiger partial charge on any atom is -0.543 e. The fourth-order valence-electron chi connectivity index (χ4n) is 4.48. The van der Waals surface area contributed by atoms with E-state index in [1.807, 2.05) is 80.6 Å². The zero-order valence-corrected chi connectivity index (χ0v) is 27.0. The molecule has 42 heavy (non-hydrogen) atoms. The first-order valence-corrected chi connectivity index (χ1v) is 17.8. The van der Waals surface area contributed by atoms with Gasteiger partial charge < -0.3 is 4.43 Å². The lowest BCUT2D eigenvalue weighted by molar-refractivity contribution is -0.138. The van der Waals surface area contributed by atoms with Gasteiger partial charge in [0.15, 0.2) is 0 Å². The molecule has 0 heterocycles. The fourth-order valence-corrected chi connectivity index (χ4v) is 6.83. The second kappa shape index (κ2) is 12.3. The van der Waals surface area contributed by atoms with Crippen LogP contribution in [0.5, 0.6) is 5.75 Å². The highest BCUT2D eigenvalue weighted by molar-refractivity contribution is 7.99. The van der Waals surface area contributed by atoms with Crippen molar-refractivity contribution in [2.75, 3.05) is 0 Å². The maximum absolute atomic E-state index is 15.0. The molecule has 1 nitrogen and oxygen atoms in total. The lowest BCUT2D eigenvalue weighted by Gasteiger charge is -2.37. The molecule has 0 N–H and O–H groups in total. The molecule has 1 unspecified atom stereocenters. The molecule has 1 atom stereocenters. The Morgan fingerprint density at radius 2 is 1.40 bits per heavy atom. The largest absolute Gasteiger partial charge is 0.543 e. The van der Waals surface area contributed by atoms with Gasteiger partial charge in [0.1, 0.15) is 11.6 Å². The molecule has 0 aliphatic carbocycles. The van der Waals surface area contributed by atoms with Crippen LogP contribution in [0.4, 0.5) is 17.6 Å². The third-order valence-corrected chi connectivity index (χ3v) is 13.7. The minimum atomic E-state index is -4.65. The zero-order chi connectivity index (χ0) is 30.9. The van der Waals surface area contributed by atoms with E-state index in [9.17, 15) is 17.6 Å². The van der Waals surface area contributed by atoms with Crippen LogP contribution < -0.4 is 4.43 Å². The smallest absolute Gasteiger partial charge is 0.416 e. The second-order valence-corrected chi connectivity index (χ2v) is 18.4. The van der Waals surface area contributed by atoms with Gasteiger partial charge in [-0.2, -0.15) is 13.2 Å². The summed E-state index contributed by atoms with van der Waals surface area (Å²) in [5, 5.41) is -0.417. The summed E-state index contributed by atoms with van der Waals surface area (Å²) < 4.78 is 63.2. The first-order chi connectivity index (χ1) is 19.5. The number of hydrogen-bond donors (Lipinski definition) is 0. The third kappa shape index (κ3) is 7.48. The predicted molar refractivity (Wildman–Crippen MR) is 169 cm³/mol. The topological polar surface area (TPSA) is 9.23 Å². The summed E-state index contributed by atoms with van der Waals surface area (Å²) in [6.45, 7) is 15.0. The van der Waals surface area contributed by atoms with Gasteiger partial charge in [0.25, 0.3) is 0 Å². The molecule has 0 bridgehead atoms. The molecule has 222 valence electrons. The Morgan fingerprint density at radius 1 is 0.810 bits per heavy atom. The van der Waals surface area contributed by atoms with E-state index in [-0.39, 0.29) is 17.0 Å². The first kappa shape index (κ1) is 31.9. The van der Waals surface area contributed by atoms with Crippen molar-refractivity contribution >= 4 is 20.1 Å². The summed E-state index contributed by atoms with van der Waals surface area (Å²) in [6, 6.07) is 25.1. The average Bonchev–Trinajstić information content (AvgIpc) is 2.90. The molecule has 4 aromatic rings. The molecular weight excluding hydrogens is 573 g/mol. The van der Waals surface area contributed by atoms with E-state index < -0.39 is 31.1 Å². The Kier molecular flexibility index (Phi) is 9.33. The van der Waals surface area contributed by atoms with Crippen LogP contribution in [0, 0.1) is 19.7 Å². The quantitative estimate of drug-likeness (QED) is 0.111. The Hall–Kier alpha value is -3.03. The number of rotatable bonds is 8. The van der Waals surface area contributed by atoms with Gasteiger partial charge in [-0.15, -0.1) is 11.8 Å². The van der Waals surface area contributed by atoms with E-state index in [2.05, 4.69) is 33.9 Å². The fraction of sp³-hybridized carbons (Fsp3) is 0.314. The highest BCUT2D eigenvalue weighted by atomic mass is 32.2. The van der Waals surface area contributed by atoms with E-state index in [0.29, 0.717) is 0 Å². The highest BCUT2D eigenvalue weighted by Gasteiger charge is 2.39. The molecule has 7 heteroatoms. The maximum Gasteiger partial charge on any atom is 0.416 e. The molecule has 0 radical (unpaired) electrons. The van der Waals surface area contributed by atoms with Crippen molar-refractivity contribution < 1.29 is 22.0 Å². The number of aryl methyl sites for hydroxylation is 2. The van der Waals surface area contributed by atoms with Crippen molar-refractivity contribution in [3.8, 4) is 16.9 Å². The SMILES string of the molecule is Cc1ccc(-c2ccc(C(Cc3c(F)cccc3C(F)(F)F)Sc3ccc(O[Si](C)(C)C(C)(C)C)c(C)c3)cc2)cc1. The van der Waals surface area contributed by atoms with Gasteiger partial charge in [0, 0.05) is 15.7 Å². The number of thioether (sulfide) groups is 1. The van der Waals surface area contributed by atoms with Gasteiger partial charge in [-0.05, 0) is 91.0 Å². The molecule has 0 saturated carbocycles. The lowest BCUT2D eigenvalue weighted by atomic mass is 9.96. The van der Waals surface area contributed by atoms with Gasteiger partial charge in [0.2, 0.25) is 8.32 Å². The van der Waals surface area contributed by atoms with E-state index in [0.717, 1.165) is 56.7 Å². The van der Waals surface area contributed by atoms with Gasteiger partial charge >= 0.3 is 6.18 Å². The van der Waals surface area contributed by atoms with Crippen LogP contribution in [0.15, 0.2) is 89.8 Å². The van der Waals surface area contributed by atoms with Crippen molar-refractivity contribution in [1.82, 2.24) is 0 Å². The van der Waals surface area contributed by atoms with Crippen LogP contribution in [0.25, 0.3) is 11.1 Å². The van der Waals surface area contributed by atoms with Crippen molar-refractivity contribution in [1.29, 1.82) is 0 Å². The normalized spacial score (nSPS) is 13.2. The van der Waals surface area contributed by atoms with Crippen LogP contribution in [0.2, 0.25) is 18.1 Å². The lowest BCUT2D eigenvalue weighted by Crippen LogP contribution is -2.44. The van der Waals surface area contributed by atoms with Gasteiger partial charge in [0.05, 0.1) is 5.56 Å². The van der Waals surface area contributed by atoms with Crippen LogP contribution in [0.3, 0.4) is 0 Å². The summed E-state index contributed by atoms with van der Waals surface area (Å²) in [5.41, 5.74) is 3.75. The average molecular weight is 611 g/mol. The Bertz CT molecular complexity index is 1520. The number of halogens is 4. The van der Waals surface area contributed by atoms with Crippen LogP contribution in [-0.2, 0) is 12.6 Å². The van der Waals surface area contributed by atoms with E-state index in [1.54, 1.807) is 0 Å². The number of alkyl halides is 3. The van der Waals surface area contributed by atoms with Gasteiger partial charge in [-0.25, -0.2) is 4.39 Å². The molecule has 0 fully saturated rings.